The molecule has 0 radical (unpaired) electrons. The third-order valence-corrected chi connectivity index (χ3v) is 4.74. The Labute approximate surface area is 170 Å². The van der Waals surface area contributed by atoms with Crippen molar-refractivity contribution in [3.05, 3.63) is 71.8 Å². The first-order chi connectivity index (χ1) is 14.0. The second-order valence-electron chi connectivity index (χ2n) is 7.04. The van der Waals surface area contributed by atoms with Gasteiger partial charge in [-0.3, -0.25) is 4.79 Å². The van der Waals surface area contributed by atoms with Gasteiger partial charge in [-0.25, -0.2) is 0 Å². The van der Waals surface area contributed by atoms with Crippen LogP contribution in [0.2, 0.25) is 0 Å². The number of rotatable bonds is 8. The van der Waals surface area contributed by atoms with Gasteiger partial charge in [0.1, 0.15) is 24.4 Å². The maximum Gasteiger partial charge on any atom is 0.217 e. The van der Waals surface area contributed by atoms with Crippen molar-refractivity contribution < 1.29 is 29.2 Å². The van der Waals surface area contributed by atoms with Crippen molar-refractivity contribution in [3.8, 4) is 0 Å². The number of carbonyl (C=O) groups excluding carboxylic acids is 1. The molecular formula is C22H27NO6. The molecule has 7 nitrogen and oxygen atoms in total. The number of hydrogen-bond acceptors (Lipinski definition) is 6. The highest BCUT2D eigenvalue weighted by Crippen LogP contribution is 2.24. The van der Waals surface area contributed by atoms with Crippen molar-refractivity contribution in [2.75, 3.05) is 6.61 Å². The molecule has 1 fully saturated rings. The van der Waals surface area contributed by atoms with Gasteiger partial charge in [-0.2, -0.15) is 0 Å². The minimum atomic E-state index is -1.33. The van der Waals surface area contributed by atoms with Crippen molar-refractivity contribution >= 4 is 5.91 Å². The van der Waals surface area contributed by atoms with Gasteiger partial charge in [-0.05, 0) is 11.1 Å². The summed E-state index contributed by atoms with van der Waals surface area (Å²) in [4.78, 5) is 11.6. The molecule has 1 aliphatic heterocycles. The quantitative estimate of drug-likeness (QED) is 0.618. The summed E-state index contributed by atoms with van der Waals surface area (Å²) in [5.74, 6) is -0.350. The molecule has 2 aromatic carbocycles. The fraction of sp³-hybridized carbons (Fsp3) is 0.409. The highest BCUT2D eigenvalue weighted by atomic mass is 16.6. The van der Waals surface area contributed by atoms with Gasteiger partial charge >= 0.3 is 0 Å². The molecule has 1 saturated heterocycles. The maximum atomic E-state index is 11.6. The van der Waals surface area contributed by atoms with E-state index in [9.17, 15) is 15.0 Å². The lowest BCUT2D eigenvalue weighted by molar-refractivity contribution is -0.266. The molecule has 5 atom stereocenters. The first kappa shape index (κ1) is 21.4. The van der Waals surface area contributed by atoms with Gasteiger partial charge in [0.05, 0.1) is 19.8 Å². The molecule has 0 aromatic heterocycles. The van der Waals surface area contributed by atoms with Gasteiger partial charge in [0.2, 0.25) is 5.91 Å². The summed E-state index contributed by atoms with van der Waals surface area (Å²) in [6, 6.07) is 18.2. The van der Waals surface area contributed by atoms with Crippen LogP contribution in [0.5, 0.6) is 0 Å². The molecule has 0 unspecified atom stereocenters. The lowest BCUT2D eigenvalue weighted by Crippen LogP contribution is -2.64. The Morgan fingerprint density at radius 3 is 2.17 bits per heavy atom. The zero-order valence-electron chi connectivity index (χ0n) is 16.3. The van der Waals surface area contributed by atoms with Crippen molar-refractivity contribution in [1.29, 1.82) is 0 Å². The van der Waals surface area contributed by atoms with Gasteiger partial charge in [-0.1, -0.05) is 60.7 Å². The fourth-order valence-electron chi connectivity index (χ4n) is 3.29. The van der Waals surface area contributed by atoms with E-state index in [1.54, 1.807) is 0 Å². The third kappa shape index (κ3) is 6.09. The van der Waals surface area contributed by atoms with E-state index in [4.69, 9.17) is 14.2 Å². The number of aliphatic hydroxyl groups is 2. The number of hydrogen-bond donors (Lipinski definition) is 3. The molecule has 156 valence electrons. The Morgan fingerprint density at radius 2 is 1.59 bits per heavy atom. The number of nitrogens with one attached hydrogen (secondary N) is 1. The van der Waals surface area contributed by atoms with Gasteiger partial charge in [0.25, 0.3) is 0 Å². The zero-order chi connectivity index (χ0) is 20.6. The Kier molecular flexibility index (Phi) is 7.74. The summed E-state index contributed by atoms with van der Waals surface area (Å²) in [5.41, 5.74) is 1.91. The van der Waals surface area contributed by atoms with E-state index in [2.05, 4.69) is 5.32 Å². The molecular weight excluding hydrogens is 374 g/mol. The number of ether oxygens (including phenoxy) is 3. The lowest BCUT2D eigenvalue weighted by atomic mass is 9.96. The number of carbonyl (C=O) groups is 1. The third-order valence-electron chi connectivity index (χ3n) is 4.74. The zero-order valence-corrected chi connectivity index (χ0v) is 16.3. The second-order valence-corrected chi connectivity index (χ2v) is 7.04. The number of amides is 1. The van der Waals surface area contributed by atoms with Crippen LogP contribution in [0.25, 0.3) is 0 Å². The van der Waals surface area contributed by atoms with Crippen molar-refractivity contribution in [2.45, 2.75) is 50.8 Å². The second kappa shape index (κ2) is 10.5. The SMILES string of the molecule is CC(=O)N[C@@H]1[C@@H](OCc2ccccc2)[C@@H](O)[C@@H](COCc2ccccc2)O[C@@H]1O. The van der Waals surface area contributed by atoms with Crippen LogP contribution in [0.3, 0.4) is 0 Å². The summed E-state index contributed by atoms with van der Waals surface area (Å²) < 4.78 is 17.1. The molecule has 3 N–H and O–H groups in total. The molecule has 1 aliphatic rings. The molecule has 0 saturated carbocycles. The molecule has 3 rings (SSSR count). The van der Waals surface area contributed by atoms with Crippen LogP contribution in [-0.4, -0.2) is 53.4 Å². The fourth-order valence-corrected chi connectivity index (χ4v) is 3.29. The molecule has 0 bridgehead atoms. The average molecular weight is 401 g/mol. The molecule has 29 heavy (non-hydrogen) atoms. The van der Waals surface area contributed by atoms with E-state index in [1.807, 2.05) is 60.7 Å². The van der Waals surface area contributed by atoms with Crippen LogP contribution in [0, 0.1) is 0 Å². The molecule has 0 aliphatic carbocycles. The predicted molar refractivity (Wildman–Crippen MR) is 106 cm³/mol. The Morgan fingerprint density at radius 1 is 1.00 bits per heavy atom. The van der Waals surface area contributed by atoms with E-state index in [1.165, 1.54) is 6.92 Å². The van der Waals surface area contributed by atoms with Crippen molar-refractivity contribution in [3.63, 3.8) is 0 Å². The largest absolute Gasteiger partial charge is 0.388 e. The van der Waals surface area contributed by atoms with E-state index >= 15 is 0 Å². The summed E-state index contributed by atoms with van der Waals surface area (Å²) in [7, 11) is 0. The van der Waals surface area contributed by atoms with Gasteiger partial charge in [-0.15, -0.1) is 0 Å². The van der Waals surface area contributed by atoms with Crippen LogP contribution >= 0.6 is 0 Å². The van der Waals surface area contributed by atoms with Crippen LogP contribution in [0.1, 0.15) is 18.1 Å². The molecule has 1 heterocycles. The summed E-state index contributed by atoms with van der Waals surface area (Å²) in [6.07, 6.45) is -4.06. The first-order valence-corrected chi connectivity index (χ1v) is 9.60. The van der Waals surface area contributed by atoms with Crippen molar-refractivity contribution in [1.82, 2.24) is 5.32 Å². The minimum absolute atomic E-state index is 0.0745. The Balaban J connectivity index is 1.64. The Bertz CT molecular complexity index is 756. The van der Waals surface area contributed by atoms with E-state index in [-0.39, 0.29) is 19.1 Å². The molecule has 0 spiro atoms. The van der Waals surface area contributed by atoms with E-state index in [0.29, 0.717) is 6.61 Å². The minimum Gasteiger partial charge on any atom is -0.388 e. The standard InChI is InChI=1S/C22H27NO6/c1-15(24)23-19-21(28-13-17-10-6-3-7-11-17)20(25)18(29-22(19)26)14-27-12-16-8-4-2-5-9-16/h2-11,18-22,25-26H,12-14H2,1H3,(H,23,24)/t18-,19-,20+,21-,22+/m1/s1. The highest BCUT2D eigenvalue weighted by molar-refractivity contribution is 5.73. The molecule has 1 amide bonds. The summed E-state index contributed by atoms with van der Waals surface area (Å²) in [6.45, 7) is 1.99. The van der Waals surface area contributed by atoms with Crippen LogP contribution in [0.4, 0.5) is 0 Å². The van der Waals surface area contributed by atoms with E-state index < -0.39 is 30.6 Å². The summed E-state index contributed by atoms with van der Waals surface area (Å²) >= 11 is 0. The monoisotopic (exact) mass is 401 g/mol. The topological polar surface area (TPSA) is 97.3 Å². The van der Waals surface area contributed by atoms with Gasteiger partial charge in [0, 0.05) is 6.92 Å². The van der Waals surface area contributed by atoms with Gasteiger partial charge < -0.3 is 29.7 Å². The predicted octanol–water partition coefficient (Wildman–Crippen LogP) is 1.37. The molecule has 2 aromatic rings. The normalized spacial score (nSPS) is 26.8. The number of aliphatic hydroxyl groups excluding tert-OH is 2. The average Bonchev–Trinajstić information content (AvgIpc) is 2.72. The Hall–Kier alpha value is -2.29. The van der Waals surface area contributed by atoms with Crippen LogP contribution in [0.15, 0.2) is 60.7 Å². The first-order valence-electron chi connectivity index (χ1n) is 9.60. The molecule has 7 heteroatoms. The van der Waals surface area contributed by atoms with E-state index in [0.717, 1.165) is 11.1 Å². The van der Waals surface area contributed by atoms with Crippen LogP contribution in [-0.2, 0) is 32.2 Å². The maximum absolute atomic E-state index is 11.6. The van der Waals surface area contributed by atoms with Crippen LogP contribution < -0.4 is 5.32 Å². The number of benzene rings is 2. The van der Waals surface area contributed by atoms with Crippen molar-refractivity contribution in [2.24, 2.45) is 0 Å². The smallest absolute Gasteiger partial charge is 0.217 e. The lowest BCUT2D eigenvalue weighted by Gasteiger charge is -2.42. The van der Waals surface area contributed by atoms with Gasteiger partial charge in [0.15, 0.2) is 6.29 Å². The summed E-state index contributed by atoms with van der Waals surface area (Å²) in [5, 5.41) is 23.8. The highest BCUT2D eigenvalue weighted by Gasteiger charge is 2.46.